The van der Waals surface area contributed by atoms with Gasteiger partial charge in [-0.2, -0.15) is 53.3 Å². The Hall–Kier alpha value is -1.39. The first kappa shape index (κ1) is 18.6. The van der Waals surface area contributed by atoms with Crippen LogP contribution in [-0.4, -0.2) is 42.5 Å². The summed E-state index contributed by atoms with van der Waals surface area (Å²) >= 11 is 0. The fourth-order valence-corrected chi connectivity index (χ4v) is 0.836. The maximum Gasteiger partial charge on any atom is 0.460 e. The molecule has 0 spiro atoms. The predicted octanol–water partition coefficient (Wildman–Crippen LogP) is 3.43. The molecule has 0 aromatic carbocycles. The van der Waals surface area contributed by atoms with E-state index >= 15 is 0 Å². The van der Waals surface area contributed by atoms with Crippen molar-refractivity contribution in [1.29, 1.82) is 0 Å². The van der Waals surface area contributed by atoms with Gasteiger partial charge in [-0.05, 0) is 0 Å². The molecule has 0 aromatic rings. The van der Waals surface area contributed by atoms with Crippen LogP contribution in [0, 0.1) is 0 Å². The van der Waals surface area contributed by atoms with Crippen LogP contribution in [-0.2, 0) is 4.79 Å². The van der Waals surface area contributed by atoms with Crippen molar-refractivity contribution in [2.24, 2.45) is 4.99 Å². The molecular weight excluding hydrogens is 323 g/mol. The highest BCUT2D eigenvalue weighted by Gasteiger charge is 2.87. The summed E-state index contributed by atoms with van der Waals surface area (Å²) in [5.41, 5.74) is 0. The molecule has 0 aliphatic carbocycles. The van der Waals surface area contributed by atoms with Gasteiger partial charge < -0.3 is 0 Å². The molecule has 20 heavy (non-hydrogen) atoms. The molecule has 0 saturated heterocycles. The van der Waals surface area contributed by atoms with Crippen LogP contribution in [0.3, 0.4) is 0 Å². The molecule has 0 aliphatic heterocycles. The summed E-state index contributed by atoms with van der Waals surface area (Å²) in [4.78, 5) is 11.2. The van der Waals surface area contributed by atoms with Gasteiger partial charge in [-0.25, -0.2) is 4.79 Å². The fraction of sp³-hybridized carbons (Fsp3) is 0.857. The van der Waals surface area contributed by atoms with Crippen molar-refractivity contribution < 1.29 is 53.1 Å². The molecule has 0 radical (unpaired) electrons. The molecule has 2 nitrogen and oxygen atoms in total. The number of alkyl halides is 11. The molecule has 0 aliphatic rings. The number of hydrogen-bond donors (Lipinski definition) is 0. The van der Waals surface area contributed by atoms with Crippen LogP contribution < -0.4 is 0 Å². The van der Waals surface area contributed by atoms with Crippen molar-refractivity contribution >= 4 is 6.08 Å². The van der Waals surface area contributed by atoms with E-state index in [4.69, 9.17) is 0 Å². The second-order valence-corrected chi connectivity index (χ2v) is 3.33. The maximum absolute atomic E-state index is 12.7. The third kappa shape index (κ3) is 2.58. The summed E-state index contributed by atoms with van der Waals surface area (Å²) in [6.07, 6.45) is -6.98. The quantitative estimate of drug-likeness (QED) is 0.433. The number of hydrogen-bond acceptors (Lipinski definition) is 2. The van der Waals surface area contributed by atoms with Gasteiger partial charge in [0.05, 0.1) is 0 Å². The Kier molecular flexibility index (Phi) is 4.52. The van der Waals surface area contributed by atoms with Gasteiger partial charge in [-0.3, -0.25) is 0 Å². The number of aliphatic imine (C=N–C) groups is 1. The average molecular weight is 325 g/mol. The first-order valence-electron chi connectivity index (χ1n) is 4.18. The normalized spacial score (nSPS) is 14.9. The van der Waals surface area contributed by atoms with E-state index in [2.05, 4.69) is 0 Å². The van der Waals surface area contributed by atoms with Gasteiger partial charge in [-0.15, -0.1) is 0 Å². The van der Waals surface area contributed by atoms with Crippen molar-refractivity contribution in [3.05, 3.63) is 0 Å². The van der Waals surface area contributed by atoms with Crippen LogP contribution in [0.5, 0.6) is 0 Å². The SMILES string of the molecule is O=C=NCC(F)(F)C(F)(F)C(F)(F)C(F)(F)C(F)(F)F. The van der Waals surface area contributed by atoms with Crippen molar-refractivity contribution in [2.75, 3.05) is 6.54 Å². The van der Waals surface area contributed by atoms with Crippen LogP contribution in [0.2, 0.25) is 0 Å². The average Bonchev–Trinajstić information content (AvgIpc) is 2.24. The largest absolute Gasteiger partial charge is 0.460 e. The third-order valence-electron chi connectivity index (χ3n) is 1.95. The van der Waals surface area contributed by atoms with E-state index in [9.17, 15) is 53.1 Å². The molecule has 118 valence electrons. The monoisotopic (exact) mass is 325 g/mol. The molecule has 0 atom stereocenters. The Morgan fingerprint density at radius 2 is 1.10 bits per heavy atom. The third-order valence-corrected chi connectivity index (χ3v) is 1.95. The van der Waals surface area contributed by atoms with Gasteiger partial charge in [0.1, 0.15) is 6.54 Å². The number of nitrogens with zero attached hydrogens (tertiary/aromatic N) is 1. The van der Waals surface area contributed by atoms with Crippen molar-refractivity contribution in [2.45, 2.75) is 29.9 Å². The smallest absolute Gasteiger partial charge is 0.211 e. The maximum atomic E-state index is 12.7. The Labute approximate surface area is 102 Å². The molecule has 0 unspecified atom stereocenters. The van der Waals surface area contributed by atoms with Crippen LogP contribution in [0.1, 0.15) is 0 Å². The number of rotatable bonds is 5. The van der Waals surface area contributed by atoms with Gasteiger partial charge >= 0.3 is 29.9 Å². The van der Waals surface area contributed by atoms with Gasteiger partial charge in [-0.1, -0.05) is 0 Å². The Bertz CT molecular complexity index is 405. The topological polar surface area (TPSA) is 29.4 Å². The zero-order valence-corrected chi connectivity index (χ0v) is 8.72. The van der Waals surface area contributed by atoms with Crippen molar-refractivity contribution in [3.63, 3.8) is 0 Å². The highest BCUT2D eigenvalue weighted by molar-refractivity contribution is 5.33. The van der Waals surface area contributed by atoms with Gasteiger partial charge in [0, 0.05) is 0 Å². The fourth-order valence-electron chi connectivity index (χ4n) is 0.836. The molecule has 13 heteroatoms. The zero-order valence-electron chi connectivity index (χ0n) is 8.72. The summed E-state index contributed by atoms with van der Waals surface area (Å²) < 4.78 is 135. The van der Waals surface area contributed by atoms with E-state index in [1.54, 1.807) is 4.99 Å². The molecule has 0 rings (SSSR count). The summed E-state index contributed by atoms with van der Waals surface area (Å²) in [5, 5.41) is 0. The van der Waals surface area contributed by atoms with Crippen LogP contribution in [0.25, 0.3) is 0 Å². The van der Waals surface area contributed by atoms with Gasteiger partial charge in [0.2, 0.25) is 6.08 Å². The van der Waals surface area contributed by atoms with Crippen LogP contribution in [0.15, 0.2) is 4.99 Å². The Balaban J connectivity index is 5.86. The van der Waals surface area contributed by atoms with E-state index in [-0.39, 0.29) is 6.08 Å². The van der Waals surface area contributed by atoms with E-state index in [1.165, 1.54) is 0 Å². The van der Waals surface area contributed by atoms with Crippen LogP contribution in [0.4, 0.5) is 48.3 Å². The lowest BCUT2D eigenvalue weighted by molar-refractivity contribution is -0.420. The second kappa shape index (κ2) is 4.86. The lowest BCUT2D eigenvalue weighted by atomic mass is 9.98. The first-order chi connectivity index (χ1) is 8.56. The summed E-state index contributed by atoms with van der Waals surface area (Å²) in [6.45, 7) is -2.74. The van der Waals surface area contributed by atoms with E-state index in [0.29, 0.717) is 0 Å². The number of carbonyl (C=O) groups excluding carboxylic acids is 1. The molecule has 0 heterocycles. The minimum atomic E-state index is -7.47. The highest BCUT2D eigenvalue weighted by Crippen LogP contribution is 2.57. The lowest BCUT2D eigenvalue weighted by Crippen LogP contribution is -2.67. The summed E-state index contributed by atoms with van der Waals surface area (Å²) in [7, 11) is 0. The second-order valence-electron chi connectivity index (χ2n) is 3.33. The van der Waals surface area contributed by atoms with E-state index in [0.717, 1.165) is 0 Å². The standard InChI is InChI=1S/C7H2F11NO/c8-3(9,1-19-2-20)4(10,11)5(12,13)6(14,15)7(16,17)18/h1H2. The van der Waals surface area contributed by atoms with Crippen molar-refractivity contribution in [3.8, 4) is 0 Å². The molecule has 0 bridgehead atoms. The highest BCUT2D eigenvalue weighted by atomic mass is 19.4. The molecular formula is C7H2F11NO. The minimum Gasteiger partial charge on any atom is -0.211 e. The Morgan fingerprint density at radius 3 is 1.40 bits per heavy atom. The molecule has 0 aromatic heterocycles. The summed E-state index contributed by atoms with van der Waals surface area (Å²) in [5.74, 6) is -28.2. The van der Waals surface area contributed by atoms with Crippen molar-refractivity contribution in [1.82, 2.24) is 0 Å². The predicted molar refractivity (Wildman–Crippen MR) is 38.8 cm³/mol. The van der Waals surface area contributed by atoms with E-state index in [1.807, 2.05) is 0 Å². The molecule has 0 amide bonds. The number of isocyanates is 1. The number of halogens is 11. The summed E-state index contributed by atoms with van der Waals surface area (Å²) in [6, 6.07) is 0. The zero-order chi connectivity index (χ0) is 16.6. The lowest BCUT2D eigenvalue weighted by Gasteiger charge is -2.36. The molecule has 0 N–H and O–H groups in total. The minimum absolute atomic E-state index is 0.223. The van der Waals surface area contributed by atoms with Gasteiger partial charge in [0.15, 0.2) is 0 Å². The van der Waals surface area contributed by atoms with Gasteiger partial charge in [0.25, 0.3) is 0 Å². The molecule has 0 saturated carbocycles. The first-order valence-corrected chi connectivity index (χ1v) is 4.18. The van der Waals surface area contributed by atoms with Crippen LogP contribution >= 0.6 is 0 Å². The molecule has 0 fully saturated rings. The Morgan fingerprint density at radius 1 is 0.700 bits per heavy atom. The van der Waals surface area contributed by atoms with E-state index < -0.39 is 36.4 Å².